The van der Waals surface area contributed by atoms with Crippen LogP contribution in [0.25, 0.3) is 32.7 Å². The molecule has 1 aliphatic rings. The van der Waals surface area contributed by atoms with Gasteiger partial charge in [0.25, 0.3) is 11.8 Å². The van der Waals surface area contributed by atoms with Crippen molar-refractivity contribution in [3.8, 4) is 11.1 Å². The molecule has 48 heavy (non-hydrogen) atoms. The number of hydrogen-bond donors (Lipinski definition) is 1. The van der Waals surface area contributed by atoms with Crippen LogP contribution in [0.4, 0.5) is 0 Å². The first-order valence-corrected chi connectivity index (χ1v) is 16.7. The van der Waals surface area contributed by atoms with E-state index in [1.165, 1.54) is 0 Å². The van der Waals surface area contributed by atoms with Crippen molar-refractivity contribution in [3.63, 3.8) is 0 Å². The van der Waals surface area contributed by atoms with Gasteiger partial charge in [0.1, 0.15) is 0 Å². The first-order valence-electron chi connectivity index (χ1n) is 16.7. The van der Waals surface area contributed by atoms with Crippen molar-refractivity contribution >= 4 is 33.4 Å². The quantitative estimate of drug-likeness (QED) is 0.169. The Morgan fingerprint density at radius 2 is 1.67 bits per heavy atom. The normalized spacial score (nSPS) is 14.4. The summed E-state index contributed by atoms with van der Waals surface area (Å²) >= 11 is 0. The number of ether oxygens (including phenoxy) is 1. The molecule has 244 valence electrons. The predicted molar refractivity (Wildman–Crippen MR) is 190 cm³/mol. The Kier molecular flexibility index (Phi) is 9.07. The Bertz CT molecular complexity index is 2040. The van der Waals surface area contributed by atoms with E-state index in [9.17, 15) is 9.59 Å². The lowest BCUT2D eigenvalue weighted by molar-refractivity contribution is 0.0681. The molecule has 1 atom stereocenters. The molecule has 0 bridgehead atoms. The monoisotopic (exact) mass is 639 g/mol. The van der Waals surface area contributed by atoms with Crippen molar-refractivity contribution in [1.82, 2.24) is 24.3 Å². The number of likely N-dealkylation sites (N-methyl/N-ethyl adjacent to an activating group) is 1. The summed E-state index contributed by atoms with van der Waals surface area (Å²) in [5, 5.41) is 4.45. The molecule has 1 unspecified atom stereocenters. The van der Waals surface area contributed by atoms with Crippen LogP contribution in [0.15, 0.2) is 110 Å². The average molecular weight is 640 g/mol. The molecule has 8 nitrogen and oxygen atoms in total. The van der Waals surface area contributed by atoms with Gasteiger partial charge in [0, 0.05) is 57.3 Å². The van der Waals surface area contributed by atoms with E-state index in [0.29, 0.717) is 37.7 Å². The van der Waals surface area contributed by atoms with Crippen LogP contribution in [-0.4, -0.2) is 76.5 Å². The molecule has 3 heterocycles. The zero-order valence-corrected chi connectivity index (χ0v) is 27.5. The summed E-state index contributed by atoms with van der Waals surface area (Å²) in [5.41, 5.74) is 4.32. The van der Waals surface area contributed by atoms with Gasteiger partial charge in [0.15, 0.2) is 0 Å². The van der Waals surface area contributed by atoms with Crippen molar-refractivity contribution in [2.75, 3.05) is 40.4 Å². The molecule has 2 aromatic heterocycles. The Labute approximate surface area is 281 Å². The number of nitrogens with zero attached hydrogens (tertiary/aromatic N) is 4. The Morgan fingerprint density at radius 3 is 2.44 bits per heavy atom. The lowest BCUT2D eigenvalue weighted by atomic mass is 9.89. The third-order valence-electron chi connectivity index (χ3n) is 9.83. The highest BCUT2D eigenvalue weighted by molar-refractivity contribution is 6.06. The highest BCUT2D eigenvalue weighted by atomic mass is 16.5. The van der Waals surface area contributed by atoms with Gasteiger partial charge in [0.2, 0.25) is 0 Å². The first-order chi connectivity index (χ1) is 23.5. The number of imidazole rings is 1. The molecule has 0 spiro atoms. The number of amides is 2. The number of benzene rings is 4. The third-order valence-corrected chi connectivity index (χ3v) is 9.83. The number of aromatic amines is 1. The second-order valence-corrected chi connectivity index (χ2v) is 12.8. The van der Waals surface area contributed by atoms with Crippen LogP contribution in [0.2, 0.25) is 0 Å². The molecule has 1 fully saturated rings. The van der Waals surface area contributed by atoms with E-state index in [1.54, 1.807) is 18.3 Å². The topological polar surface area (TPSA) is 83.5 Å². The Balaban J connectivity index is 1.16. The maximum Gasteiger partial charge on any atom is 0.255 e. The van der Waals surface area contributed by atoms with Crippen LogP contribution in [0, 0.1) is 5.92 Å². The van der Waals surface area contributed by atoms with Gasteiger partial charge in [-0.2, -0.15) is 0 Å². The maximum absolute atomic E-state index is 14.0. The number of carbonyl (C=O) groups is 2. The summed E-state index contributed by atoms with van der Waals surface area (Å²) in [6, 6.07) is 28.6. The number of piperidine rings is 1. The molecule has 1 aliphatic heterocycles. The fraction of sp³-hybridized carbons (Fsp3) is 0.275. The third kappa shape index (κ3) is 6.36. The summed E-state index contributed by atoms with van der Waals surface area (Å²) in [5.74, 6) is 0.443. The number of likely N-dealkylation sites (tertiary alicyclic amines) is 1. The molecule has 8 heteroatoms. The molecule has 6 aromatic rings. The van der Waals surface area contributed by atoms with Crippen LogP contribution < -0.4 is 0 Å². The van der Waals surface area contributed by atoms with Crippen molar-refractivity contribution in [2.24, 2.45) is 5.92 Å². The largest absolute Gasteiger partial charge is 0.383 e. The number of H-pyrrole nitrogens is 1. The zero-order valence-electron chi connectivity index (χ0n) is 27.5. The van der Waals surface area contributed by atoms with E-state index >= 15 is 0 Å². The van der Waals surface area contributed by atoms with E-state index < -0.39 is 0 Å². The van der Waals surface area contributed by atoms with E-state index in [4.69, 9.17) is 4.74 Å². The lowest BCUT2D eigenvalue weighted by Gasteiger charge is -2.34. The fourth-order valence-electron chi connectivity index (χ4n) is 7.09. The van der Waals surface area contributed by atoms with E-state index in [-0.39, 0.29) is 17.9 Å². The van der Waals surface area contributed by atoms with Gasteiger partial charge in [-0.25, -0.2) is 4.98 Å². The van der Waals surface area contributed by atoms with Crippen molar-refractivity contribution in [1.29, 1.82) is 0 Å². The van der Waals surface area contributed by atoms with Crippen molar-refractivity contribution < 1.29 is 14.3 Å². The summed E-state index contributed by atoms with van der Waals surface area (Å²) in [6.45, 7) is 2.39. The maximum atomic E-state index is 14.0. The molecule has 1 N–H and O–H groups in total. The number of rotatable bonds is 10. The molecule has 1 saturated heterocycles. The van der Waals surface area contributed by atoms with Crippen LogP contribution in [0.5, 0.6) is 0 Å². The van der Waals surface area contributed by atoms with E-state index in [2.05, 4.69) is 63.2 Å². The first kappa shape index (κ1) is 31.4. The number of aromatic nitrogens is 3. The number of hydrogen-bond acceptors (Lipinski definition) is 4. The lowest BCUT2D eigenvalue weighted by Crippen LogP contribution is -2.39. The number of nitrogens with one attached hydrogen (secondary N) is 1. The fourth-order valence-corrected chi connectivity index (χ4v) is 7.09. The summed E-state index contributed by atoms with van der Waals surface area (Å²) in [6.07, 6.45) is 10.4. The summed E-state index contributed by atoms with van der Waals surface area (Å²) < 4.78 is 7.47. The minimum Gasteiger partial charge on any atom is -0.383 e. The van der Waals surface area contributed by atoms with E-state index in [1.807, 2.05) is 66.8 Å². The number of carbonyl (C=O) groups excluding carboxylic acids is 2. The van der Waals surface area contributed by atoms with Gasteiger partial charge in [-0.1, -0.05) is 72.8 Å². The van der Waals surface area contributed by atoms with Crippen LogP contribution in [0.3, 0.4) is 0 Å². The van der Waals surface area contributed by atoms with Gasteiger partial charge in [-0.3, -0.25) is 9.59 Å². The SMILES string of the molecule is COCCN(C)C(=O)c1cn(C(CC2CCN(C(=O)c3ccc4ccccc4c3)CC2)c2cnc[nH]2)cc1-c1cccc2ccccc12. The average Bonchev–Trinajstić information content (AvgIpc) is 3.83. The Morgan fingerprint density at radius 1 is 0.917 bits per heavy atom. The standard InChI is InChI=1S/C40H41N5O3/c1-43(20-21-48-2)40(47)36-26-45(25-35(36)34-13-7-11-30-9-5-6-12-33(30)34)38(37-24-41-27-42-37)22-28-16-18-44(19-17-28)39(46)32-15-14-29-8-3-4-10-31(29)23-32/h3-15,23-28,38H,16-22H2,1-2H3,(H,41,42). The van der Waals surface area contributed by atoms with Crippen molar-refractivity contribution in [2.45, 2.75) is 25.3 Å². The van der Waals surface area contributed by atoms with Crippen molar-refractivity contribution in [3.05, 3.63) is 127 Å². The van der Waals surface area contributed by atoms with Gasteiger partial charge in [0.05, 0.1) is 36.4 Å². The minimum absolute atomic E-state index is 0.0439. The van der Waals surface area contributed by atoms with E-state index in [0.717, 1.165) is 63.2 Å². The highest BCUT2D eigenvalue weighted by Crippen LogP contribution is 2.37. The van der Waals surface area contributed by atoms with Gasteiger partial charge in [-0.15, -0.1) is 0 Å². The molecule has 0 saturated carbocycles. The zero-order chi connectivity index (χ0) is 33.0. The molecule has 7 rings (SSSR count). The number of methoxy groups -OCH3 is 1. The second kappa shape index (κ2) is 13.9. The molecule has 4 aromatic carbocycles. The molecular formula is C40H41N5O3. The summed E-state index contributed by atoms with van der Waals surface area (Å²) in [4.78, 5) is 38.9. The van der Waals surface area contributed by atoms with Crippen LogP contribution in [-0.2, 0) is 4.74 Å². The predicted octanol–water partition coefficient (Wildman–Crippen LogP) is 7.43. The van der Waals surface area contributed by atoms with Gasteiger partial charge in [-0.05, 0) is 64.4 Å². The smallest absolute Gasteiger partial charge is 0.255 e. The molecule has 0 aliphatic carbocycles. The second-order valence-electron chi connectivity index (χ2n) is 12.8. The molecule has 0 radical (unpaired) electrons. The van der Waals surface area contributed by atoms with Crippen LogP contribution in [0.1, 0.15) is 51.7 Å². The highest BCUT2D eigenvalue weighted by Gasteiger charge is 2.29. The van der Waals surface area contributed by atoms with Gasteiger partial charge < -0.3 is 24.1 Å². The molecule has 2 amide bonds. The van der Waals surface area contributed by atoms with Crippen LogP contribution >= 0.6 is 0 Å². The van der Waals surface area contributed by atoms with Gasteiger partial charge >= 0.3 is 0 Å². The molecular weight excluding hydrogens is 598 g/mol. The Hall–Kier alpha value is -5.21. The number of fused-ring (bicyclic) bond motifs is 2. The minimum atomic E-state index is -0.0557. The summed E-state index contributed by atoms with van der Waals surface area (Å²) in [7, 11) is 3.47.